The molecular formula is C18H19ClO4. The number of carbonyl (C=O) groups is 2. The monoisotopic (exact) mass is 334 g/mol. The van der Waals surface area contributed by atoms with Crippen LogP contribution < -0.4 is 0 Å². The Bertz CT molecular complexity index is 688. The quantitative estimate of drug-likeness (QED) is 0.779. The minimum absolute atomic E-state index is 0.358. The van der Waals surface area contributed by atoms with Gasteiger partial charge in [-0.25, -0.2) is 4.79 Å². The van der Waals surface area contributed by atoms with Gasteiger partial charge in [-0.05, 0) is 12.8 Å². The van der Waals surface area contributed by atoms with Gasteiger partial charge in [-0.1, -0.05) is 62.6 Å². The fourth-order valence-electron chi connectivity index (χ4n) is 3.36. The van der Waals surface area contributed by atoms with Crippen LogP contribution in [0, 0.1) is 0 Å². The van der Waals surface area contributed by atoms with Gasteiger partial charge < -0.3 is 9.47 Å². The lowest BCUT2D eigenvalue weighted by Crippen LogP contribution is -2.43. The molecule has 1 aliphatic carbocycles. The molecule has 5 heteroatoms. The zero-order chi connectivity index (χ0) is 16.7. The molecule has 2 aliphatic rings. The molecular weight excluding hydrogens is 316 g/mol. The SMILES string of the molecule is CCCC1(CCC)O[C@@]2(C=C(Cl)c3ccccc3C2=O)OC1=O. The fourth-order valence-corrected chi connectivity index (χ4v) is 3.67. The van der Waals surface area contributed by atoms with Crippen molar-refractivity contribution in [2.75, 3.05) is 0 Å². The van der Waals surface area contributed by atoms with Gasteiger partial charge in [-0.15, -0.1) is 0 Å². The second kappa shape index (κ2) is 5.77. The Balaban J connectivity index is 2.06. The first kappa shape index (κ1) is 16.2. The summed E-state index contributed by atoms with van der Waals surface area (Å²) in [5.74, 6) is -2.58. The average Bonchev–Trinajstić information content (AvgIpc) is 2.79. The number of hydrogen-bond donors (Lipinski definition) is 0. The fraction of sp³-hybridized carbons (Fsp3) is 0.444. The Hall–Kier alpha value is -1.65. The minimum atomic E-state index is -1.73. The van der Waals surface area contributed by atoms with Gasteiger partial charge in [-0.2, -0.15) is 0 Å². The molecule has 0 N–H and O–H groups in total. The first-order chi connectivity index (χ1) is 11.0. The molecule has 1 aromatic rings. The normalized spacial score (nSPS) is 25.3. The summed E-state index contributed by atoms with van der Waals surface area (Å²) in [5, 5.41) is 0.358. The number of esters is 1. The highest BCUT2D eigenvalue weighted by Crippen LogP contribution is 2.46. The Morgan fingerprint density at radius 2 is 1.65 bits per heavy atom. The molecule has 3 rings (SSSR count). The number of ketones is 1. The number of hydrogen-bond acceptors (Lipinski definition) is 4. The topological polar surface area (TPSA) is 52.6 Å². The minimum Gasteiger partial charge on any atom is -0.419 e. The van der Waals surface area contributed by atoms with Crippen LogP contribution in [0.5, 0.6) is 0 Å². The predicted molar refractivity (Wildman–Crippen MR) is 87.1 cm³/mol. The summed E-state index contributed by atoms with van der Waals surface area (Å²) in [6.07, 6.45) is 3.97. The summed E-state index contributed by atoms with van der Waals surface area (Å²) < 4.78 is 11.5. The number of Topliss-reactive ketones (excluding diaryl/α,β-unsaturated/α-hetero) is 1. The van der Waals surface area contributed by atoms with Crippen molar-refractivity contribution in [1.29, 1.82) is 0 Å². The molecule has 0 radical (unpaired) electrons. The van der Waals surface area contributed by atoms with Crippen molar-refractivity contribution in [3.05, 3.63) is 41.5 Å². The van der Waals surface area contributed by atoms with Gasteiger partial charge >= 0.3 is 11.8 Å². The zero-order valence-electron chi connectivity index (χ0n) is 13.2. The molecule has 1 heterocycles. The van der Waals surface area contributed by atoms with Crippen molar-refractivity contribution in [2.45, 2.75) is 50.9 Å². The van der Waals surface area contributed by atoms with Crippen molar-refractivity contribution in [2.24, 2.45) is 0 Å². The zero-order valence-corrected chi connectivity index (χ0v) is 14.0. The third kappa shape index (κ3) is 2.41. The van der Waals surface area contributed by atoms with Crippen molar-refractivity contribution in [1.82, 2.24) is 0 Å². The number of halogens is 1. The van der Waals surface area contributed by atoms with Crippen LogP contribution in [-0.4, -0.2) is 23.1 Å². The van der Waals surface area contributed by atoms with E-state index >= 15 is 0 Å². The maximum absolute atomic E-state index is 12.9. The van der Waals surface area contributed by atoms with E-state index in [1.165, 1.54) is 6.08 Å². The highest BCUT2D eigenvalue weighted by Gasteiger charge is 2.61. The van der Waals surface area contributed by atoms with E-state index in [0.29, 0.717) is 29.0 Å². The Kier molecular flexibility index (Phi) is 4.07. The van der Waals surface area contributed by atoms with Gasteiger partial charge in [-0.3, -0.25) is 4.79 Å². The van der Waals surface area contributed by atoms with Crippen molar-refractivity contribution in [3.63, 3.8) is 0 Å². The van der Waals surface area contributed by atoms with Crippen LogP contribution in [0.25, 0.3) is 5.03 Å². The standard InChI is InChI=1S/C18H19ClO4/c1-3-9-17(10-4-2)16(21)22-18(23-17)11-14(19)12-7-5-6-8-13(12)15(18)20/h5-8,11H,3-4,9-10H2,1-2H3/t18-/m1/s1. The molecule has 1 atom stereocenters. The highest BCUT2D eigenvalue weighted by molar-refractivity contribution is 6.50. The number of rotatable bonds is 4. The van der Waals surface area contributed by atoms with Crippen LogP contribution in [0.15, 0.2) is 30.3 Å². The average molecular weight is 335 g/mol. The molecule has 0 amide bonds. The Morgan fingerprint density at radius 1 is 1.04 bits per heavy atom. The van der Waals surface area contributed by atoms with Crippen LogP contribution in [0.2, 0.25) is 0 Å². The van der Waals surface area contributed by atoms with Gasteiger partial charge in [0.2, 0.25) is 5.78 Å². The largest absolute Gasteiger partial charge is 0.419 e. The summed E-state index contributed by atoms with van der Waals surface area (Å²) in [7, 11) is 0. The molecule has 0 aromatic heterocycles. The molecule has 1 saturated heterocycles. The number of carbonyl (C=O) groups excluding carboxylic acids is 2. The first-order valence-corrected chi connectivity index (χ1v) is 8.32. The van der Waals surface area contributed by atoms with Gasteiger partial charge in [0.25, 0.3) is 0 Å². The first-order valence-electron chi connectivity index (χ1n) is 7.94. The van der Waals surface area contributed by atoms with E-state index in [9.17, 15) is 9.59 Å². The van der Waals surface area contributed by atoms with Crippen LogP contribution in [0.3, 0.4) is 0 Å². The highest BCUT2D eigenvalue weighted by atomic mass is 35.5. The van der Waals surface area contributed by atoms with Crippen molar-refractivity contribution >= 4 is 28.4 Å². The second-order valence-corrected chi connectivity index (χ2v) is 6.43. The summed E-state index contributed by atoms with van der Waals surface area (Å²) in [6, 6.07) is 7.00. The lowest BCUT2D eigenvalue weighted by atomic mass is 9.90. The lowest BCUT2D eigenvalue weighted by molar-refractivity contribution is -0.148. The molecule has 1 spiro atoms. The van der Waals surface area contributed by atoms with E-state index in [4.69, 9.17) is 21.1 Å². The summed E-state index contributed by atoms with van der Waals surface area (Å²) in [6.45, 7) is 3.94. The van der Waals surface area contributed by atoms with Crippen LogP contribution in [0.4, 0.5) is 0 Å². The Morgan fingerprint density at radius 3 is 2.26 bits per heavy atom. The van der Waals surface area contributed by atoms with Crippen LogP contribution in [0.1, 0.15) is 55.5 Å². The van der Waals surface area contributed by atoms with E-state index in [0.717, 1.165) is 12.8 Å². The number of benzene rings is 1. The van der Waals surface area contributed by atoms with E-state index in [-0.39, 0.29) is 5.78 Å². The van der Waals surface area contributed by atoms with E-state index in [1.807, 2.05) is 13.8 Å². The van der Waals surface area contributed by atoms with Gasteiger partial charge in [0, 0.05) is 17.2 Å². The maximum Gasteiger partial charge on any atom is 0.341 e. The predicted octanol–water partition coefficient (Wildman–Crippen LogP) is 4.07. The van der Waals surface area contributed by atoms with E-state index in [2.05, 4.69) is 0 Å². The van der Waals surface area contributed by atoms with E-state index < -0.39 is 17.4 Å². The summed E-state index contributed by atoms with van der Waals surface area (Å²) in [5.41, 5.74) is -0.0245. The van der Waals surface area contributed by atoms with Gasteiger partial charge in [0.05, 0.1) is 5.03 Å². The Labute approximate surface area is 140 Å². The molecule has 0 saturated carbocycles. The summed E-state index contributed by atoms with van der Waals surface area (Å²) >= 11 is 6.31. The molecule has 1 fully saturated rings. The van der Waals surface area contributed by atoms with Crippen molar-refractivity contribution in [3.8, 4) is 0 Å². The summed E-state index contributed by atoms with van der Waals surface area (Å²) in [4.78, 5) is 25.5. The third-order valence-electron chi connectivity index (χ3n) is 4.33. The van der Waals surface area contributed by atoms with Crippen molar-refractivity contribution < 1.29 is 19.1 Å². The molecule has 1 aromatic carbocycles. The second-order valence-electron chi connectivity index (χ2n) is 6.02. The maximum atomic E-state index is 12.9. The molecule has 122 valence electrons. The number of ether oxygens (including phenoxy) is 2. The molecule has 0 unspecified atom stereocenters. The number of fused-ring (bicyclic) bond motifs is 1. The molecule has 4 nitrogen and oxygen atoms in total. The van der Waals surface area contributed by atoms with Gasteiger partial charge in [0.1, 0.15) is 0 Å². The van der Waals surface area contributed by atoms with Gasteiger partial charge in [0.15, 0.2) is 5.60 Å². The van der Waals surface area contributed by atoms with E-state index in [1.54, 1.807) is 24.3 Å². The molecule has 1 aliphatic heterocycles. The van der Waals surface area contributed by atoms with Crippen LogP contribution >= 0.6 is 11.6 Å². The smallest absolute Gasteiger partial charge is 0.341 e. The molecule has 0 bridgehead atoms. The lowest BCUT2D eigenvalue weighted by Gasteiger charge is -2.30. The third-order valence-corrected chi connectivity index (χ3v) is 4.65. The molecule has 23 heavy (non-hydrogen) atoms. The van der Waals surface area contributed by atoms with Crippen LogP contribution in [-0.2, 0) is 14.3 Å².